The molecule has 2 atom stereocenters. The molecule has 0 saturated carbocycles. The van der Waals surface area contributed by atoms with Gasteiger partial charge in [0.1, 0.15) is 23.0 Å². The molecular formula is C23H22FN3O4S. The third kappa shape index (κ3) is 3.19. The highest BCUT2D eigenvalue weighted by Crippen LogP contribution is 2.47. The summed E-state index contributed by atoms with van der Waals surface area (Å²) in [6, 6.07) is 8.32. The van der Waals surface area contributed by atoms with Crippen LogP contribution < -0.4 is 0 Å². The van der Waals surface area contributed by atoms with Crippen LogP contribution in [0, 0.1) is 19.7 Å². The molecule has 0 radical (unpaired) electrons. The number of hydrogen-bond donors (Lipinski definition) is 2. The lowest BCUT2D eigenvalue weighted by molar-refractivity contribution is 0.0677. The van der Waals surface area contributed by atoms with Crippen LogP contribution in [0.3, 0.4) is 0 Å². The van der Waals surface area contributed by atoms with Crippen molar-refractivity contribution in [1.82, 2.24) is 15.1 Å². The molecule has 2 unspecified atom stereocenters. The zero-order valence-corrected chi connectivity index (χ0v) is 18.4. The van der Waals surface area contributed by atoms with Crippen LogP contribution in [0.5, 0.6) is 5.75 Å². The lowest BCUT2D eigenvalue weighted by Gasteiger charge is -2.31. The van der Waals surface area contributed by atoms with Gasteiger partial charge in [0, 0.05) is 17.2 Å². The van der Waals surface area contributed by atoms with Crippen LogP contribution in [0.2, 0.25) is 0 Å². The molecule has 1 saturated heterocycles. The van der Waals surface area contributed by atoms with Crippen molar-refractivity contribution >= 4 is 15.7 Å². The van der Waals surface area contributed by atoms with E-state index < -0.39 is 27.7 Å². The molecule has 1 aromatic heterocycles. The van der Waals surface area contributed by atoms with Gasteiger partial charge in [-0.1, -0.05) is 18.2 Å². The number of carbonyl (C=O) groups excluding carboxylic acids is 1. The van der Waals surface area contributed by atoms with Gasteiger partial charge in [-0.2, -0.15) is 5.10 Å². The highest BCUT2D eigenvalue weighted by Gasteiger charge is 2.48. The Kier molecular flexibility index (Phi) is 4.63. The van der Waals surface area contributed by atoms with Gasteiger partial charge in [0.25, 0.3) is 5.91 Å². The van der Waals surface area contributed by atoms with Gasteiger partial charge in [0.15, 0.2) is 9.84 Å². The van der Waals surface area contributed by atoms with Crippen molar-refractivity contribution in [2.75, 3.05) is 11.5 Å². The van der Waals surface area contributed by atoms with E-state index in [0.717, 1.165) is 5.56 Å². The Bertz CT molecular complexity index is 1350. The monoisotopic (exact) mass is 455 g/mol. The van der Waals surface area contributed by atoms with Crippen molar-refractivity contribution < 1.29 is 22.7 Å². The Morgan fingerprint density at radius 1 is 1.19 bits per heavy atom. The molecule has 9 heteroatoms. The number of halogens is 1. The number of amides is 1. The first-order chi connectivity index (χ1) is 15.2. The first kappa shape index (κ1) is 20.7. The van der Waals surface area contributed by atoms with E-state index in [-0.39, 0.29) is 28.9 Å². The summed E-state index contributed by atoms with van der Waals surface area (Å²) in [5.74, 6) is -0.781. The number of phenols is 1. The minimum absolute atomic E-state index is 0.0223. The van der Waals surface area contributed by atoms with Gasteiger partial charge in [-0.15, -0.1) is 0 Å². The number of benzene rings is 2. The fourth-order valence-electron chi connectivity index (χ4n) is 4.85. The Balaban J connectivity index is 1.71. The Hall–Kier alpha value is -3.20. The Morgan fingerprint density at radius 3 is 2.56 bits per heavy atom. The van der Waals surface area contributed by atoms with E-state index >= 15 is 0 Å². The molecule has 1 amide bonds. The molecule has 2 aliphatic heterocycles. The van der Waals surface area contributed by atoms with Gasteiger partial charge < -0.3 is 10.0 Å². The van der Waals surface area contributed by atoms with E-state index in [1.54, 1.807) is 30.0 Å². The van der Waals surface area contributed by atoms with E-state index in [9.17, 15) is 22.7 Å². The maximum atomic E-state index is 13.7. The molecule has 3 heterocycles. The van der Waals surface area contributed by atoms with Gasteiger partial charge in [0.2, 0.25) is 0 Å². The van der Waals surface area contributed by atoms with Gasteiger partial charge >= 0.3 is 0 Å². The number of fused-ring (bicyclic) bond motifs is 1. The van der Waals surface area contributed by atoms with Crippen molar-refractivity contribution in [1.29, 1.82) is 0 Å². The quantitative estimate of drug-likeness (QED) is 0.631. The van der Waals surface area contributed by atoms with Crippen molar-refractivity contribution in [3.8, 4) is 17.0 Å². The summed E-state index contributed by atoms with van der Waals surface area (Å²) in [5, 5.41) is 17.9. The number of rotatable bonds is 3. The number of aryl methyl sites for hydroxylation is 2. The maximum absolute atomic E-state index is 13.7. The predicted molar refractivity (Wildman–Crippen MR) is 117 cm³/mol. The number of carbonyl (C=O) groups is 1. The first-order valence-corrected chi connectivity index (χ1v) is 12.2. The fourth-order valence-corrected chi connectivity index (χ4v) is 6.57. The van der Waals surface area contributed by atoms with E-state index in [2.05, 4.69) is 10.2 Å². The summed E-state index contributed by atoms with van der Waals surface area (Å²) in [7, 11) is -3.24. The lowest BCUT2D eigenvalue weighted by Crippen LogP contribution is -2.40. The summed E-state index contributed by atoms with van der Waals surface area (Å²) >= 11 is 0. The van der Waals surface area contributed by atoms with E-state index in [1.807, 2.05) is 13.0 Å². The molecule has 7 nitrogen and oxygen atoms in total. The Labute approximate surface area is 184 Å². The second kappa shape index (κ2) is 7.16. The largest absolute Gasteiger partial charge is 0.507 e. The molecular weight excluding hydrogens is 433 g/mol. The van der Waals surface area contributed by atoms with Crippen LogP contribution >= 0.6 is 0 Å². The third-order valence-corrected chi connectivity index (χ3v) is 8.04. The summed E-state index contributed by atoms with van der Waals surface area (Å²) < 4.78 is 38.0. The number of nitrogens with zero attached hydrogens (tertiary/aromatic N) is 2. The number of phenolic OH excluding ortho intramolecular Hbond substituents is 1. The Morgan fingerprint density at radius 2 is 1.91 bits per heavy atom. The van der Waals surface area contributed by atoms with Gasteiger partial charge in [0.05, 0.1) is 17.5 Å². The van der Waals surface area contributed by atoms with Crippen LogP contribution in [0.15, 0.2) is 36.4 Å². The zero-order valence-electron chi connectivity index (χ0n) is 17.6. The number of aromatic nitrogens is 2. The molecule has 0 aliphatic carbocycles. The maximum Gasteiger partial charge on any atom is 0.273 e. The second-order valence-electron chi connectivity index (χ2n) is 8.56. The summed E-state index contributed by atoms with van der Waals surface area (Å²) in [6.07, 6.45) is 0.341. The number of H-pyrrole nitrogens is 1. The van der Waals surface area contributed by atoms with Crippen LogP contribution in [-0.2, 0) is 9.84 Å². The molecule has 3 aromatic rings. The second-order valence-corrected chi connectivity index (χ2v) is 10.8. The first-order valence-electron chi connectivity index (χ1n) is 10.3. The predicted octanol–water partition coefficient (Wildman–Crippen LogP) is 3.27. The molecule has 2 aliphatic rings. The van der Waals surface area contributed by atoms with Crippen molar-refractivity contribution in [3.63, 3.8) is 0 Å². The molecule has 32 heavy (non-hydrogen) atoms. The summed E-state index contributed by atoms with van der Waals surface area (Å²) in [4.78, 5) is 15.0. The molecule has 0 bridgehead atoms. The van der Waals surface area contributed by atoms with Crippen molar-refractivity contribution in [2.45, 2.75) is 32.4 Å². The number of nitrogens with one attached hydrogen (secondary N) is 1. The fraction of sp³-hybridized carbons (Fsp3) is 0.304. The number of sulfone groups is 1. The normalized spacial score (nSPS) is 21.8. The topological polar surface area (TPSA) is 103 Å². The van der Waals surface area contributed by atoms with Crippen molar-refractivity contribution in [3.05, 3.63) is 70.2 Å². The average Bonchev–Trinajstić information content (AvgIpc) is 3.39. The standard InChI is InChI=1S/C23H22FN3O4S/c1-12-9-13(2)22(28)17(10-12)19-18-20(26-25-19)23(29)27(16-7-8-32(30,31)11-16)21(18)14-3-5-15(24)6-4-14/h3-6,9-10,16,21,28H,7-8,11H2,1-2H3,(H,25,26). The van der Waals surface area contributed by atoms with Gasteiger partial charge in [-0.3, -0.25) is 9.89 Å². The van der Waals surface area contributed by atoms with E-state index in [1.165, 1.54) is 12.1 Å². The average molecular weight is 456 g/mol. The van der Waals surface area contributed by atoms with Gasteiger partial charge in [-0.25, -0.2) is 12.8 Å². The third-order valence-electron chi connectivity index (χ3n) is 6.29. The lowest BCUT2D eigenvalue weighted by atomic mass is 9.93. The molecule has 0 spiro atoms. The van der Waals surface area contributed by atoms with Gasteiger partial charge in [-0.05, 0) is 55.2 Å². The minimum Gasteiger partial charge on any atom is -0.507 e. The molecule has 1 fully saturated rings. The highest BCUT2D eigenvalue weighted by atomic mass is 32.2. The van der Waals surface area contributed by atoms with E-state index in [0.29, 0.717) is 34.4 Å². The van der Waals surface area contributed by atoms with Crippen LogP contribution in [-0.4, -0.2) is 52.1 Å². The minimum atomic E-state index is -3.24. The zero-order chi connectivity index (χ0) is 22.8. The van der Waals surface area contributed by atoms with Crippen LogP contribution in [0.1, 0.15) is 45.2 Å². The smallest absolute Gasteiger partial charge is 0.273 e. The highest BCUT2D eigenvalue weighted by molar-refractivity contribution is 7.91. The molecule has 166 valence electrons. The van der Waals surface area contributed by atoms with Crippen molar-refractivity contribution in [2.24, 2.45) is 0 Å². The van der Waals surface area contributed by atoms with Crippen LogP contribution in [0.4, 0.5) is 4.39 Å². The van der Waals surface area contributed by atoms with Crippen LogP contribution in [0.25, 0.3) is 11.3 Å². The number of hydrogen-bond acceptors (Lipinski definition) is 5. The number of aromatic amines is 1. The van der Waals surface area contributed by atoms with E-state index in [4.69, 9.17) is 0 Å². The molecule has 5 rings (SSSR count). The molecule has 2 N–H and O–H groups in total. The number of aromatic hydroxyl groups is 1. The summed E-state index contributed by atoms with van der Waals surface area (Å²) in [5.41, 5.74) is 3.99. The SMILES string of the molecule is Cc1cc(C)c(O)c(-c2n[nH]c3c2C(c2ccc(F)cc2)N(C2CCS(=O)(=O)C2)C3=O)c1. The molecule has 2 aromatic carbocycles. The summed E-state index contributed by atoms with van der Waals surface area (Å²) in [6.45, 7) is 3.69.